The molecule has 0 aliphatic heterocycles. The van der Waals surface area contributed by atoms with Gasteiger partial charge in [-0.05, 0) is 24.0 Å². The van der Waals surface area contributed by atoms with Gasteiger partial charge in [0.15, 0.2) is 0 Å². The molecule has 5 heteroatoms. The lowest BCUT2D eigenvalue weighted by atomic mass is 9.84. The topological polar surface area (TPSA) is 86.0 Å². The summed E-state index contributed by atoms with van der Waals surface area (Å²) in [6.45, 7) is 6.33. The maximum absolute atomic E-state index is 11.2. The van der Waals surface area contributed by atoms with Crippen LogP contribution in [0.4, 0.5) is 5.82 Å². The van der Waals surface area contributed by atoms with Crippen LogP contribution in [0.2, 0.25) is 0 Å². The monoisotopic (exact) mass is 261 g/mol. The molecule has 0 bridgehead atoms. The summed E-state index contributed by atoms with van der Waals surface area (Å²) in [7, 11) is 0. The average molecular weight is 261 g/mol. The number of pyridine rings is 1. The van der Waals surface area contributed by atoms with Crippen LogP contribution in [0.25, 0.3) is 0 Å². The molecular formula is C14H19N3O2. The molecule has 0 radical (unpaired) electrons. The Morgan fingerprint density at radius 3 is 2.79 bits per heavy atom. The van der Waals surface area contributed by atoms with E-state index in [-0.39, 0.29) is 5.41 Å². The molecule has 0 fully saturated rings. The van der Waals surface area contributed by atoms with E-state index in [0.717, 1.165) is 0 Å². The zero-order valence-electron chi connectivity index (χ0n) is 11.5. The fourth-order valence-corrected chi connectivity index (χ4v) is 1.81. The van der Waals surface area contributed by atoms with Crippen LogP contribution < -0.4 is 5.32 Å². The van der Waals surface area contributed by atoms with Gasteiger partial charge in [0.1, 0.15) is 5.82 Å². The minimum absolute atomic E-state index is 0.0489. The molecule has 1 atom stereocenters. The molecule has 2 N–H and O–H groups in total. The van der Waals surface area contributed by atoms with E-state index in [1.165, 1.54) is 6.20 Å². The second-order valence-electron chi connectivity index (χ2n) is 5.72. The quantitative estimate of drug-likeness (QED) is 0.850. The van der Waals surface area contributed by atoms with Gasteiger partial charge in [-0.1, -0.05) is 20.8 Å². The van der Waals surface area contributed by atoms with Gasteiger partial charge in [-0.15, -0.1) is 0 Å². The van der Waals surface area contributed by atoms with Crippen molar-refractivity contribution < 1.29 is 9.90 Å². The van der Waals surface area contributed by atoms with Crippen molar-refractivity contribution in [2.24, 2.45) is 11.3 Å². The molecule has 1 aromatic rings. The van der Waals surface area contributed by atoms with Gasteiger partial charge < -0.3 is 10.4 Å². The Kier molecular flexibility index (Phi) is 4.87. The van der Waals surface area contributed by atoms with E-state index in [4.69, 9.17) is 5.26 Å². The van der Waals surface area contributed by atoms with E-state index in [1.54, 1.807) is 12.1 Å². The van der Waals surface area contributed by atoms with Gasteiger partial charge in [0.05, 0.1) is 17.6 Å². The van der Waals surface area contributed by atoms with Gasteiger partial charge in [0.2, 0.25) is 0 Å². The molecule has 0 spiro atoms. The highest BCUT2D eigenvalue weighted by Crippen LogP contribution is 2.24. The number of nitrogens with one attached hydrogen (secondary N) is 1. The van der Waals surface area contributed by atoms with Crippen LogP contribution >= 0.6 is 0 Å². The Morgan fingerprint density at radius 1 is 1.58 bits per heavy atom. The summed E-state index contributed by atoms with van der Waals surface area (Å²) >= 11 is 0. The van der Waals surface area contributed by atoms with E-state index in [9.17, 15) is 9.90 Å². The fraction of sp³-hybridized carbons (Fsp3) is 0.500. The molecule has 102 valence electrons. The van der Waals surface area contributed by atoms with E-state index in [0.29, 0.717) is 24.3 Å². The highest BCUT2D eigenvalue weighted by atomic mass is 16.4. The van der Waals surface area contributed by atoms with Crippen molar-refractivity contribution in [2.45, 2.75) is 27.2 Å². The van der Waals surface area contributed by atoms with Crippen LogP contribution in [0, 0.1) is 22.7 Å². The molecule has 1 rings (SSSR count). The molecule has 1 aromatic heterocycles. The number of carboxylic acids is 1. The van der Waals surface area contributed by atoms with Crippen molar-refractivity contribution in [3.8, 4) is 6.07 Å². The first-order chi connectivity index (χ1) is 8.81. The largest absolute Gasteiger partial charge is 0.481 e. The predicted octanol–water partition coefficient (Wildman–Crippen LogP) is 2.50. The molecule has 0 saturated heterocycles. The van der Waals surface area contributed by atoms with Crippen LogP contribution in [-0.2, 0) is 4.79 Å². The smallest absolute Gasteiger partial charge is 0.308 e. The lowest BCUT2D eigenvalue weighted by Crippen LogP contribution is -2.27. The first-order valence-corrected chi connectivity index (χ1v) is 6.14. The summed E-state index contributed by atoms with van der Waals surface area (Å²) in [5, 5.41) is 21.0. The average Bonchev–Trinajstić information content (AvgIpc) is 2.33. The van der Waals surface area contributed by atoms with E-state index >= 15 is 0 Å². The van der Waals surface area contributed by atoms with E-state index in [1.807, 2.05) is 26.8 Å². The first kappa shape index (κ1) is 15.0. The third-order valence-electron chi connectivity index (χ3n) is 2.63. The zero-order valence-corrected chi connectivity index (χ0v) is 11.5. The van der Waals surface area contributed by atoms with Crippen LogP contribution in [0.3, 0.4) is 0 Å². The van der Waals surface area contributed by atoms with Gasteiger partial charge >= 0.3 is 5.97 Å². The molecule has 0 amide bonds. The van der Waals surface area contributed by atoms with Crippen molar-refractivity contribution >= 4 is 11.8 Å². The molecule has 5 nitrogen and oxygen atoms in total. The first-order valence-electron chi connectivity index (χ1n) is 6.14. The predicted molar refractivity (Wildman–Crippen MR) is 72.6 cm³/mol. The standard InChI is InChI=1S/C14H19N3O2/c1-14(2,3)7-11(13(18)19)9-17-12-6-10(8-15)4-5-16-12/h4-6,11H,7,9H2,1-3H3,(H,16,17)(H,18,19). The maximum Gasteiger partial charge on any atom is 0.308 e. The highest BCUT2D eigenvalue weighted by molar-refractivity contribution is 5.70. The summed E-state index contributed by atoms with van der Waals surface area (Å²) in [5.74, 6) is -0.773. The van der Waals surface area contributed by atoms with Crippen molar-refractivity contribution in [1.29, 1.82) is 5.26 Å². The second-order valence-corrected chi connectivity index (χ2v) is 5.72. The number of nitrogens with zero attached hydrogens (tertiary/aromatic N) is 2. The van der Waals surface area contributed by atoms with Gasteiger partial charge in [-0.25, -0.2) is 4.98 Å². The molecule has 0 aliphatic carbocycles. The second kappa shape index (κ2) is 6.19. The van der Waals surface area contributed by atoms with Crippen molar-refractivity contribution in [1.82, 2.24) is 4.98 Å². The summed E-state index contributed by atoms with van der Waals surface area (Å²) in [4.78, 5) is 15.3. The number of carboxylic acid groups (broad SMARTS) is 1. The molecule has 1 unspecified atom stereocenters. The summed E-state index contributed by atoms with van der Waals surface area (Å²) in [5.41, 5.74) is 0.451. The summed E-state index contributed by atoms with van der Waals surface area (Å²) in [6, 6.07) is 5.23. The van der Waals surface area contributed by atoms with Crippen molar-refractivity contribution in [3.63, 3.8) is 0 Å². The van der Waals surface area contributed by atoms with Gasteiger partial charge in [-0.3, -0.25) is 4.79 Å². The van der Waals surface area contributed by atoms with Gasteiger partial charge in [0, 0.05) is 12.7 Å². The third kappa shape index (κ3) is 5.38. The number of aliphatic carboxylic acids is 1. The fourth-order valence-electron chi connectivity index (χ4n) is 1.81. The summed E-state index contributed by atoms with van der Waals surface area (Å²) in [6.07, 6.45) is 2.10. The number of carbonyl (C=O) groups is 1. The molecule has 19 heavy (non-hydrogen) atoms. The Bertz CT molecular complexity index is 486. The minimum atomic E-state index is -0.820. The van der Waals surface area contributed by atoms with E-state index in [2.05, 4.69) is 10.3 Å². The number of hydrogen-bond acceptors (Lipinski definition) is 4. The third-order valence-corrected chi connectivity index (χ3v) is 2.63. The minimum Gasteiger partial charge on any atom is -0.481 e. The molecular weight excluding hydrogens is 242 g/mol. The molecule has 0 aromatic carbocycles. The Balaban J connectivity index is 2.66. The number of anilines is 1. The lowest BCUT2D eigenvalue weighted by molar-refractivity contribution is -0.142. The maximum atomic E-state index is 11.2. The van der Waals surface area contributed by atoms with Crippen LogP contribution in [0.15, 0.2) is 18.3 Å². The normalized spacial score (nSPS) is 12.5. The molecule has 0 saturated carbocycles. The number of rotatable bonds is 5. The number of hydrogen-bond donors (Lipinski definition) is 2. The summed E-state index contributed by atoms with van der Waals surface area (Å²) < 4.78 is 0. The lowest BCUT2D eigenvalue weighted by Gasteiger charge is -2.23. The van der Waals surface area contributed by atoms with Crippen LogP contribution in [0.1, 0.15) is 32.8 Å². The highest BCUT2D eigenvalue weighted by Gasteiger charge is 2.24. The van der Waals surface area contributed by atoms with Crippen molar-refractivity contribution in [2.75, 3.05) is 11.9 Å². The van der Waals surface area contributed by atoms with Crippen LogP contribution in [-0.4, -0.2) is 22.6 Å². The van der Waals surface area contributed by atoms with Crippen molar-refractivity contribution in [3.05, 3.63) is 23.9 Å². The van der Waals surface area contributed by atoms with Gasteiger partial charge in [0.25, 0.3) is 0 Å². The Morgan fingerprint density at radius 2 is 2.26 bits per heavy atom. The number of aromatic nitrogens is 1. The Labute approximate surface area is 113 Å². The van der Waals surface area contributed by atoms with E-state index < -0.39 is 11.9 Å². The number of nitriles is 1. The zero-order chi connectivity index (χ0) is 14.5. The molecule has 0 aliphatic rings. The van der Waals surface area contributed by atoms with Gasteiger partial charge in [-0.2, -0.15) is 5.26 Å². The SMILES string of the molecule is CC(C)(C)CC(CNc1cc(C#N)ccn1)C(=O)O. The molecule has 1 heterocycles. The Hall–Kier alpha value is -2.09. The van der Waals surface area contributed by atoms with Crippen LogP contribution in [0.5, 0.6) is 0 Å².